The van der Waals surface area contributed by atoms with E-state index in [1.54, 1.807) is 0 Å². The number of amides is 1. The van der Waals surface area contributed by atoms with E-state index in [0.717, 1.165) is 24.9 Å². The van der Waals surface area contributed by atoms with E-state index in [1.165, 1.54) is 19.1 Å². The van der Waals surface area contributed by atoms with Gasteiger partial charge in [-0.15, -0.1) is 0 Å². The third-order valence-corrected chi connectivity index (χ3v) is 9.86. The van der Waals surface area contributed by atoms with Crippen molar-refractivity contribution in [2.75, 3.05) is 39.1 Å². The molecule has 0 aromatic heterocycles. The first-order valence-corrected chi connectivity index (χ1v) is 12.7. The zero-order chi connectivity index (χ0) is 25.0. The van der Waals surface area contributed by atoms with Crippen LogP contribution in [0.5, 0.6) is 11.5 Å². The van der Waals surface area contributed by atoms with Gasteiger partial charge in [0.25, 0.3) is 0 Å². The third kappa shape index (κ3) is 2.14. The predicted molar refractivity (Wildman–Crippen MR) is 124 cm³/mol. The average molecular weight is 499 g/mol. The summed E-state index contributed by atoms with van der Waals surface area (Å²) in [6, 6.07) is 3.55. The van der Waals surface area contributed by atoms with Crippen LogP contribution >= 0.6 is 0 Å². The molecule has 0 N–H and O–H groups in total. The number of ether oxygens (including phenoxy) is 5. The van der Waals surface area contributed by atoms with Gasteiger partial charge in [0.1, 0.15) is 12.0 Å². The van der Waals surface area contributed by atoms with E-state index >= 15 is 0 Å². The van der Waals surface area contributed by atoms with Crippen LogP contribution in [0.4, 0.5) is 10.5 Å². The molecule has 2 aliphatic carbocycles. The van der Waals surface area contributed by atoms with Crippen LogP contribution < -0.4 is 14.4 Å². The molecular weight excluding hydrogens is 468 g/mol. The third-order valence-electron chi connectivity index (χ3n) is 9.86. The second-order valence-electron chi connectivity index (χ2n) is 10.8. The molecule has 6 atom stereocenters. The highest BCUT2D eigenvalue weighted by Gasteiger charge is 2.86. The monoisotopic (exact) mass is 498 g/mol. The van der Waals surface area contributed by atoms with E-state index in [2.05, 4.69) is 4.90 Å². The number of carbonyl (C=O) groups is 3. The molecule has 1 amide bonds. The predicted octanol–water partition coefficient (Wildman–Crippen LogP) is 2.36. The second kappa shape index (κ2) is 7.13. The molecule has 7 rings (SSSR count). The summed E-state index contributed by atoms with van der Waals surface area (Å²) < 4.78 is 28.7. The Hall–Kier alpha value is -2.85. The van der Waals surface area contributed by atoms with Crippen LogP contribution in [0.25, 0.3) is 0 Å². The normalized spacial score (nSPS) is 39.0. The molecule has 2 saturated heterocycles. The molecule has 1 aromatic carbocycles. The maximum atomic E-state index is 14.2. The number of carbonyl (C=O) groups excluding carboxylic acids is 3. The Balaban J connectivity index is 1.63. The second-order valence-corrected chi connectivity index (χ2v) is 10.8. The van der Waals surface area contributed by atoms with E-state index in [9.17, 15) is 14.4 Å². The van der Waals surface area contributed by atoms with Gasteiger partial charge in [-0.1, -0.05) is 6.07 Å². The Morgan fingerprint density at radius 2 is 1.97 bits per heavy atom. The van der Waals surface area contributed by atoms with Gasteiger partial charge in [-0.3, -0.25) is 14.6 Å². The van der Waals surface area contributed by atoms with Gasteiger partial charge in [0, 0.05) is 25.6 Å². The summed E-state index contributed by atoms with van der Waals surface area (Å²) in [5, 5.41) is 0. The number of ketones is 1. The standard InChI is InChI=1S/C26H30N2O8/c1-4-34-20-17-15(29)12-24-8-5-11-27(20)21(24)26(17)14-6-7-16-19(36-13-35-16)18(14)28(23(31)33-3)25(26,10-9-24)22(30)32-2/h6-7,17,20-21H,4-5,8-13H2,1-3H3/t17-,20-,21-,24+,25+,26-/m0/s1. The Labute approximate surface area is 208 Å². The van der Waals surface area contributed by atoms with Crippen molar-refractivity contribution in [3.63, 3.8) is 0 Å². The SMILES string of the molecule is CCO[C@H]1[C@@H]2C(=O)C[C@]34CCCN1[C@@H]3[C@]21c2ccc3c(c2N(C(=O)OC)[C@@]1(C(=O)OC)CC4)OCO3. The summed E-state index contributed by atoms with van der Waals surface area (Å²) in [6.07, 6.45) is 2.09. The Morgan fingerprint density at radius 3 is 2.72 bits per heavy atom. The lowest BCUT2D eigenvalue weighted by Crippen LogP contribution is -2.78. The summed E-state index contributed by atoms with van der Waals surface area (Å²) in [7, 11) is 2.63. The number of benzene rings is 1. The molecule has 0 unspecified atom stereocenters. The van der Waals surface area contributed by atoms with Crippen LogP contribution in [-0.4, -0.2) is 74.7 Å². The van der Waals surface area contributed by atoms with Gasteiger partial charge in [-0.2, -0.15) is 0 Å². The van der Waals surface area contributed by atoms with Gasteiger partial charge in [0.15, 0.2) is 17.0 Å². The van der Waals surface area contributed by atoms with Crippen molar-refractivity contribution in [3.8, 4) is 11.5 Å². The van der Waals surface area contributed by atoms with Gasteiger partial charge in [0.2, 0.25) is 6.79 Å². The molecule has 1 aromatic rings. The smallest absolute Gasteiger partial charge is 0.415 e. The summed E-state index contributed by atoms with van der Waals surface area (Å²) in [5.41, 5.74) is -1.69. The molecule has 4 fully saturated rings. The highest BCUT2D eigenvalue weighted by Crippen LogP contribution is 2.76. The van der Waals surface area contributed by atoms with Crippen LogP contribution in [0, 0.1) is 11.3 Å². The van der Waals surface area contributed by atoms with Crippen molar-refractivity contribution in [2.45, 2.75) is 62.3 Å². The summed E-state index contributed by atoms with van der Waals surface area (Å²) in [6.45, 7) is 3.12. The molecule has 0 radical (unpaired) electrons. The fourth-order valence-electron chi connectivity index (χ4n) is 9.13. The van der Waals surface area contributed by atoms with Crippen LogP contribution in [-0.2, 0) is 29.2 Å². The Kier molecular flexibility index (Phi) is 4.43. The first-order valence-electron chi connectivity index (χ1n) is 12.7. The molecule has 36 heavy (non-hydrogen) atoms. The Morgan fingerprint density at radius 1 is 1.14 bits per heavy atom. The number of methoxy groups -OCH3 is 2. The van der Waals surface area contributed by atoms with Crippen LogP contribution in [0.1, 0.15) is 44.6 Å². The highest BCUT2D eigenvalue weighted by atomic mass is 16.7. The van der Waals surface area contributed by atoms with Crippen molar-refractivity contribution in [3.05, 3.63) is 17.7 Å². The van der Waals surface area contributed by atoms with Crippen molar-refractivity contribution in [1.29, 1.82) is 0 Å². The molecule has 4 heterocycles. The molecule has 1 spiro atoms. The summed E-state index contributed by atoms with van der Waals surface area (Å²) >= 11 is 0. The van der Waals surface area contributed by atoms with E-state index in [1.807, 2.05) is 19.1 Å². The molecule has 4 bridgehead atoms. The summed E-state index contributed by atoms with van der Waals surface area (Å²) in [4.78, 5) is 45.8. The zero-order valence-electron chi connectivity index (χ0n) is 20.7. The van der Waals surface area contributed by atoms with Crippen molar-refractivity contribution in [1.82, 2.24) is 4.90 Å². The number of Topliss-reactive ketones (excluding diaryl/α,β-unsaturated/α-hetero) is 1. The van der Waals surface area contributed by atoms with E-state index in [4.69, 9.17) is 23.7 Å². The van der Waals surface area contributed by atoms with Gasteiger partial charge in [-0.25, -0.2) is 9.59 Å². The minimum absolute atomic E-state index is 0.00243. The van der Waals surface area contributed by atoms with Gasteiger partial charge in [0.05, 0.1) is 31.2 Å². The zero-order valence-corrected chi connectivity index (χ0v) is 20.7. The minimum atomic E-state index is -1.49. The number of rotatable bonds is 3. The van der Waals surface area contributed by atoms with Gasteiger partial charge < -0.3 is 23.7 Å². The van der Waals surface area contributed by atoms with Crippen molar-refractivity contribution >= 4 is 23.5 Å². The molecule has 2 saturated carbocycles. The fraction of sp³-hybridized carbons (Fsp3) is 0.654. The van der Waals surface area contributed by atoms with Crippen LogP contribution in [0.15, 0.2) is 12.1 Å². The lowest BCUT2D eigenvalue weighted by molar-refractivity contribution is -0.166. The number of nitrogens with zero attached hydrogens (tertiary/aromatic N) is 2. The Bertz CT molecular complexity index is 1200. The molecule has 4 aliphatic heterocycles. The lowest BCUT2D eigenvalue weighted by atomic mass is 9.41. The topological polar surface area (TPSA) is 104 Å². The van der Waals surface area contributed by atoms with Gasteiger partial charge >= 0.3 is 12.1 Å². The lowest BCUT2D eigenvalue weighted by Gasteiger charge is -2.64. The molecule has 10 heteroatoms. The molecular formula is C26H30N2O8. The van der Waals surface area contributed by atoms with Crippen LogP contribution in [0.3, 0.4) is 0 Å². The maximum absolute atomic E-state index is 14.2. The maximum Gasteiger partial charge on any atom is 0.415 e. The molecule has 6 aliphatic rings. The van der Waals surface area contributed by atoms with Crippen molar-refractivity contribution in [2.24, 2.45) is 11.3 Å². The number of hydrogen-bond acceptors (Lipinski definition) is 9. The summed E-state index contributed by atoms with van der Waals surface area (Å²) in [5.74, 6) is -0.236. The molecule has 192 valence electrons. The number of anilines is 1. The van der Waals surface area contributed by atoms with E-state index in [0.29, 0.717) is 43.1 Å². The quantitative estimate of drug-likeness (QED) is 0.581. The van der Waals surface area contributed by atoms with Gasteiger partial charge in [-0.05, 0) is 49.7 Å². The molecule has 10 nitrogen and oxygen atoms in total. The number of hydrogen-bond donors (Lipinski definition) is 0. The average Bonchev–Trinajstić information content (AvgIpc) is 3.53. The van der Waals surface area contributed by atoms with E-state index < -0.39 is 35.2 Å². The highest BCUT2D eigenvalue weighted by molar-refractivity contribution is 6.09. The largest absolute Gasteiger partial charge is 0.467 e. The first-order chi connectivity index (χ1) is 17.4. The minimum Gasteiger partial charge on any atom is -0.467 e. The number of piperidine rings is 1. The number of fused-ring (bicyclic) bond motifs is 3. The van der Waals surface area contributed by atoms with E-state index in [-0.39, 0.29) is 24.0 Å². The van der Waals surface area contributed by atoms with Crippen molar-refractivity contribution < 1.29 is 38.1 Å². The fourth-order valence-corrected chi connectivity index (χ4v) is 9.13. The number of esters is 1. The first kappa shape index (κ1) is 22.4. The van der Waals surface area contributed by atoms with Crippen LogP contribution in [0.2, 0.25) is 0 Å².